The molecule has 1 saturated carbocycles. The van der Waals surface area contributed by atoms with Crippen LogP contribution in [0.1, 0.15) is 44.6 Å². The van der Waals surface area contributed by atoms with Crippen molar-refractivity contribution in [3.8, 4) is 0 Å². The van der Waals surface area contributed by atoms with Crippen LogP contribution in [0.25, 0.3) is 0 Å². The zero-order chi connectivity index (χ0) is 12.0. The van der Waals surface area contributed by atoms with Crippen LogP contribution in [0.4, 0.5) is 0 Å². The summed E-state index contributed by atoms with van der Waals surface area (Å²) >= 11 is 0. The Morgan fingerprint density at radius 3 is 2.31 bits per heavy atom. The van der Waals surface area contributed by atoms with E-state index >= 15 is 0 Å². The molecule has 1 aromatic carbocycles. The Kier molecular flexibility index (Phi) is 5.03. The van der Waals surface area contributed by atoms with E-state index in [1.165, 1.54) is 18.4 Å². The Bertz CT molecular complexity index is 315. The molecule has 0 heterocycles. The number of hydrogen-bond acceptors (Lipinski definition) is 1. The zero-order valence-electron chi connectivity index (χ0n) is 10.0. The molecule has 0 saturated heterocycles. The quantitative estimate of drug-likeness (QED) is 0.840. The number of hydrogen-bond donors (Lipinski definition) is 1. The Morgan fingerprint density at radius 2 is 1.88 bits per heavy atom. The second-order valence-corrected chi connectivity index (χ2v) is 3.95. The third-order valence-corrected chi connectivity index (χ3v) is 2.81. The van der Waals surface area contributed by atoms with Gasteiger partial charge in [0.05, 0.1) is 6.42 Å². The van der Waals surface area contributed by atoms with Gasteiger partial charge in [-0.25, -0.2) is 0 Å². The van der Waals surface area contributed by atoms with Crippen LogP contribution in [0.15, 0.2) is 30.3 Å². The molecule has 0 aromatic heterocycles. The monoisotopic (exact) mass is 220 g/mol. The first-order chi connectivity index (χ1) is 7.77. The van der Waals surface area contributed by atoms with Gasteiger partial charge in [-0.3, -0.25) is 4.79 Å². The van der Waals surface area contributed by atoms with Crippen molar-refractivity contribution in [1.29, 1.82) is 0 Å². The van der Waals surface area contributed by atoms with Gasteiger partial charge in [-0.15, -0.1) is 0 Å². The van der Waals surface area contributed by atoms with Crippen LogP contribution in [0.5, 0.6) is 0 Å². The van der Waals surface area contributed by atoms with E-state index in [-0.39, 0.29) is 12.3 Å². The Labute approximate surface area is 97.3 Å². The van der Waals surface area contributed by atoms with Crippen molar-refractivity contribution < 1.29 is 9.90 Å². The third kappa shape index (κ3) is 3.69. The zero-order valence-corrected chi connectivity index (χ0v) is 10.0. The van der Waals surface area contributed by atoms with Crippen molar-refractivity contribution in [3.63, 3.8) is 0 Å². The number of carboxylic acids is 1. The van der Waals surface area contributed by atoms with Gasteiger partial charge in [0.15, 0.2) is 0 Å². The fourth-order valence-electron chi connectivity index (χ4n) is 1.94. The molecular formula is C14H20O2. The molecule has 1 unspecified atom stereocenters. The molecule has 88 valence electrons. The van der Waals surface area contributed by atoms with E-state index in [2.05, 4.69) is 0 Å². The van der Waals surface area contributed by atoms with Crippen LogP contribution in [0.3, 0.4) is 0 Å². The minimum Gasteiger partial charge on any atom is -0.481 e. The van der Waals surface area contributed by atoms with E-state index in [1.807, 2.05) is 44.2 Å². The molecule has 0 radical (unpaired) electrons. The van der Waals surface area contributed by atoms with Crippen LogP contribution < -0.4 is 0 Å². The van der Waals surface area contributed by atoms with Crippen LogP contribution in [0.2, 0.25) is 0 Å². The summed E-state index contributed by atoms with van der Waals surface area (Å²) in [4.78, 5) is 10.7. The number of benzene rings is 1. The van der Waals surface area contributed by atoms with Crippen molar-refractivity contribution in [3.05, 3.63) is 35.9 Å². The maximum atomic E-state index is 10.7. The van der Waals surface area contributed by atoms with Gasteiger partial charge in [-0.2, -0.15) is 0 Å². The first kappa shape index (κ1) is 12.8. The maximum absolute atomic E-state index is 10.7. The summed E-state index contributed by atoms with van der Waals surface area (Å²) in [5.74, 6) is 0.146. The van der Waals surface area contributed by atoms with Crippen molar-refractivity contribution >= 4 is 5.97 Å². The topological polar surface area (TPSA) is 37.3 Å². The highest BCUT2D eigenvalue weighted by Gasteiger charge is 2.33. The maximum Gasteiger partial charge on any atom is 0.303 e. The van der Waals surface area contributed by atoms with Crippen molar-refractivity contribution in [1.82, 2.24) is 0 Å². The lowest BCUT2D eigenvalue weighted by molar-refractivity contribution is -0.137. The summed E-state index contributed by atoms with van der Waals surface area (Å²) in [5, 5.41) is 8.82. The fraction of sp³-hybridized carbons (Fsp3) is 0.500. The Morgan fingerprint density at radius 1 is 1.31 bits per heavy atom. The van der Waals surface area contributed by atoms with E-state index in [4.69, 9.17) is 5.11 Å². The van der Waals surface area contributed by atoms with Gasteiger partial charge in [0, 0.05) is 0 Å². The lowest BCUT2D eigenvalue weighted by atomic mass is 9.91. The lowest BCUT2D eigenvalue weighted by Gasteiger charge is -2.13. The summed E-state index contributed by atoms with van der Waals surface area (Å²) in [6.07, 6.45) is 2.65. The second-order valence-electron chi connectivity index (χ2n) is 3.95. The number of carboxylic acid groups (broad SMARTS) is 1. The average Bonchev–Trinajstić information content (AvgIpc) is 3.14. The highest BCUT2D eigenvalue weighted by atomic mass is 16.4. The van der Waals surface area contributed by atoms with Gasteiger partial charge in [0.2, 0.25) is 0 Å². The van der Waals surface area contributed by atoms with Crippen molar-refractivity contribution in [2.75, 3.05) is 0 Å². The van der Waals surface area contributed by atoms with Gasteiger partial charge < -0.3 is 5.11 Å². The molecule has 0 bridgehead atoms. The van der Waals surface area contributed by atoms with Gasteiger partial charge in [0.25, 0.3) is 0 Å². The fourth-order valence-corrected chi connectivity index (χ4v) is 1.94. The SMILES string of the molecule is CC.O=C(O)CC(c1ccccc1)C1CC1. The van der Waals surface area contributed by atoms with E-state index in [9.17, 15) is 4.79 Å². The van der Waals surface area contributed by atoms with E-state index < -0.39 is 5.97 Å². The standard InChI is InChI=1S/C12H14O2.C2H6/c13-12(14)8-11(10-6-7-10)9-4-2-1-3-5-9;1-2/h1-5,10-11H,6-8H2,(H,13,14);1-2H3. The van der Waals surface area contributed by atoms with Crippen LogP contribution in [0, 0.1) is 5.92 Å². The molecule has 2 heteroatoms. The molecule has 1 aliphatic carbocycles. The molecular weight excluding hydrogens is 200 g/mol. The van der Waals surface area contributed by atoms with Crippen LogP contribution >= 0.6 is 0 Å². The molecule has 2 nitrogen and oxygen atoms in total. The number of carbonyl (C=O) groups is 1. The first-order valence-electron chi connectivity index (χ1n) is 6.04. The van der Waals surface area contributed by atoms with Gasteiger partial charge in [0.1, 0.15) is 0 Å². The Hall–Kier alpha value is -1.31. The van der Waals surface area contributed by atoms with E-state index in [1.54, 1.807) is 0 Å². The van der Waals surface area contributed by atoms with Crippen molar-refractivity contribution in [2.45, 2.75) is 39.0 Å². The largest absolute Gasteiger partial charge is 0.481 e. The van der Waals surface area contributed by atoms with E-state index in [0.717, 1.165) is 0 Å². The lowest BCUT2D eigenvalue weighted by Crippen LogP contribution is -2.08. The minimum atomic E-state index is -0.689. The highest BCUT2D eigenvalue weighted by Crippen LogP contribution is 2.44. The second kappa shape index (κ2) is 6.31. The van der Waals surface area contributed by atoms with Gasteiger partial charge >= 0.3 is 5.97 Å². The normalized spacial score (nSPS) is 15.9. The predicted molar refractivity (Wildman–Crippen MR) is 65.5 cm³/mol. The summed E-state index contributed by atoms with van der Waals surface area (Å²) in [5.41, 5.74) is 1.18. The number of rotatable bonds is 4. The molecule has 0 spiro atoms. The van der Waals surface area contributed by atoms with Crippen molar-refractivity contribution in [2.24, 2.45) is 5.92 Å². The third-order valence-electron chi connectivity index (χ3n) is 2.81. The Balaban J connectivity index is 0.000000606. The smallest absolute Gasteiger partial charge is 0.303 e. The predicted octanol–water partition coefficient (Wildman–Crippen LogP) is 3.68. The summed E-state index contributed by atoms with van der Waals surface area (Å²) in [6.45, 7) is 4.00. The minimum absolute atomic E-state index is 0.230. The van der Waals surface area contributed by atoms with Crippen LogP contribution in [-0.2, 0) is 4.79 Å². The average molecular weight is 220 g/mol. The summed E-state index contributed by atoms with van der Waals surface area (Å²) in [6, 6.07) is 9.99. The molecule has 1 aliphatic rings. The first-order valence-corrected chi connectivity index (χ1v) is 6.04. The molecule has 0 aliphatic heterocycles. The van der Waals surface area contributed by atoms with Gasteiger partial charge in [-0.05, 0) is 30.2 Å². The summed E-state index contributed by atoms with van der Waals surface area (Å²) in [7, 11) is 0. The molecule has 1 fully saturated rings. The molecule has 1 aromatic rings. The molecule has 16 heavy (non-hydrogen) atoms. The van der Waals surface area contributed by atoms with Gasteiger partial charge in [-0.1, -0.05) is 44.2 Å². The number of aliphatic carboxylic acids is 1. The highest BCUT2D eigenvalue weighted by molar-refractivity contribution is 5.68. The molecule has 0 amide bonds. The van der Waals surface area contributed by atoms with Crippen LogP contribution in [-0.4, -0.2) is 11.1 Å². The molecule has 1 atom stereocenters. The summed E-state index contributed by atoms with van der Waals surface area (Å²) < 4.78 is 0. The molecule has 2 rings (SSSR count). The molecule has 1 N–H and O–H groups in total. The van der Waals surface area contributed by atoms with E-state index in [0.29, 0.717) is 5.92 Å².